The molecule has 0 fully saturated rings. The van der Waals surface area contributed by atoms with Crippen LogP contribution in [-0.2, 0) is 4.79 Å². The normalized spacial score (nSPS) is 8.91. The lowest BCUT2D eigenvalue weighted by atomic mass is 10.3. The molecule has 11 heavy (non-hydrogen) atoms. The first-order valence-corrected chi connectivity index (χ1v) is 4.19. The fourth-order valence-corrected chi connectivity index (χ4v) is 0.879. The maximum atomic E-state index is 10.9. The molecule has 0 aliphatic heterocycles. The first kappa shape index (κ1) is 10.4. The highest BCUT2D eigenvalue weighted by Gasteiger charge is 2.00. The third kappa shape index (κ3) is 5.79. The lowest BCUT2D eigenvalue weighted by molar-refractivity contribution is -0.119. The third-order valence-electron chi connectivity index (χ3n) is 1.07. The summed E-state index contributed by atoms with van der Waals surface area (Å²) in [6, 6.07) is 0. The average molecular weight is 174 g/mol. The summed E-state index contributed by atoms with van der Waals surface area (Å²) in [5.41, 5.74) is 0. The summed E-state index contributed by atoms with van der Waals surface area (Å²) in [6.45, 7) is 4.62. The third-order valence-corrected chi connectivity index (χ3v) is 1.31. The van der Waals surface area contributed by atoms with Crippen molar-refractivity contribution in [1.29, 1.82) is 0 Å². The fraction of sp³-hybridized carbons (Fsp3) is 0.714. The van der Waals surface area contributed by atoms with Gasteiger partial charge in [-0.1, -0.05) is 6.92 Å². The number of hydrogen-bond acceptors (Lipinski definition) is 2. The maximum Gasteiger partial charge on any atom is 0.226 e. The van der Waals surface area contributed by atoms with E-state index in [9.17, 15) is 4.79 Å². The van der Waals surface area contributed by atoms with Gasteiger partial charge in [0.1, 0.15) is 0 Å². The molecule has 0 aromatic heterocycles. The highest BCUT2D eigenvalue weighted by Crippen LogP contribution is 1.84. The maximum absolute atomic E-state index is 10.9. The minimum absolute atomic E-state index is 0.0153. The Hall–Kier alpha value is -0.640. The monoisotopic (exact) mass is 174 g/mol. The van der Waals surface area contributed by atoms with Crippen molar-refractivity contribution in [2.24, 2.45) is 0 Å². The molecule has 0 radical (unpaired) electrons. The van der Waals surface area contributed by atoms with Crippen LogP contribution in [0.4, 0.5) is 0 Å². The zero-order valence-corrected chi connectivity index (χ0v) is 7.75. The molecule has 4 heteroatoms. The number of amides is 1. The van der Waals surface area contributed by atoms with E-state index in [0.717, 1.165) is 13.0 Å². The molecule has 0 aromatic carbocycles. The van der Waals surface area contributed by atoms with Crippen LogP contribution < -0.4 is 10.6 Å². The first-order valence-electron chi connectivity index (χ1n) is 3.78. The molecule has 1 amide bonds. The molecular formula is C7H14N2OS. The van der Waals surface area contributed by atoms with Crippen LogP contribution in [0.25, 0.3) is 0 Å². The van der Waals surface area contributed by atoms with Gasteiger partial charge in [-0.05, 0) is 25.6 Å². The van der Waals surface area contributed by atoms with Gasteiger partial charge in [0.2, 0.25) is 5.91 Å². The van der Waals surface area contributed by atoms with Crippen molar-refractivity contribution >= 4 is 23.2 Å². The predicted molar refractivity (Wildman–Crippen MR) is 49.3 cm³/mol. The topological polar surface area (TPSA) is 41.1 Å². The van der Waals surface area contributed by atoms with Crippen LogP contribution in [0.3, 0.4) is 0 Å². The summed E-state index contributed by atoms with van der Waals surface area (Å²) in [4.78, 5) is 10.9. The van der Waals surface area contributed by atoms with E-state index in [2.05, 4.69) is 10.6 Å². The van der Waals surface area contributed by atoms with Crippen molar-refractivity contribution in [3.05, 3.63) is 0 Å². The second-order valence-corrected chi connectivity index (χ2v) is 2.57. The number of carbonyl (C=O) groups is 1. The second kappa shape index (κ2) is 6.09. The second-order valence-electron chi connectivity index (χ2n) is 2.16. The molecule has 0 bridgehead atoms. The zero-order chi connectivity index (χ0) is 8.69. The van der Waals surface area contributed by atoms with Crippen LogP contribution in [0.5, 0.6) is 0 Å². The molecule has 0 spiro atoms. The summed E-state index contributed by atoms with van der Waals surface area (Å²) in [5, 5.41) is 5.82. The number of hydrogen-bond donors (Lipinski definition) is 2. The van der Waals surface area contributed by atoms with Crippen molar-refractivity contribution in [2.45, 2.75) is 26.7 Å². The van der Waals surface area contributed by atoms with Crippen molar-refractivity contribution in [1.82, 2.24) is 10.6 Å². The summed E-state index contributed by atoms with van der Waals surface area (Å²) in [7, 11) is 0. The molecule has 0 aliphatic carbocycles. The number of thiocarbonyl (C=S) groups is 1. The first-order chi connectivity index (χ1) is 5.20. The van der Waals surface area contributed by atoms with Crippen LogP contribution >= 0.6 is 12.2 Å². The van der Waals surface area contributed by atoms with Crippen LogP contribution in [0.1, 0.15) is 26.7 Å². The van der Waals surface area contributed by atoms with E-state index in [-0.39, 0.29) is 5.91 Å². The fourth-order valence-electron chi connectivity index (χ4n) is 0.621. The van der Waals surface area contributed by atoms with Crippen LogP contribution in [0.15, 0.2) is 0 Å². The van der Waals surface area contributed by atoms with Gasteiger partial charge in [0.05, 0.1) is 0 Å². The highest BCUT2D eigenvalue weighted by atomic mass is 32.1. The molecule has 0 rings (SSSR count). The number of carbonyl (C=O) groups excluding carboxylic acids is 1. The van der Waals surface area contributed by atoms with Crippen molar-refractivity contribution in [3.8, 4) is 0 Å². The summed E-state index contributed by atoms with van der Waals surface area (Å²) in [5.74, 6) is -0.0153. The van der Waals surface area contributed by atoms with Gasteiger partial charge in [-0.2, -0.15) is 0 Å². The van der Waals surface area contributed by atoms with E-state index in [1.807, 2.05) is 13.8 Å². The Kier molecular flexibility index (Phi) is 5.74. The van der Waals surface area contributed by atoms with Crippen molar-refractivity contribution in [3.63, 3.8) is 0 Å². The van der Waals surface area contributed by atoms with Gasteiger partial charge in [-0.15, -0.1) is 0 Å². The predicted octanol–water partition coefficient (Wildman–Crippen LogP) is 0.797. The summed E-state index contributed by atoms with van der Waals surface area (Å²) in [6.07, 6.45) is 1.38. The van der Waals surface area contributed by atoms with Gasteiger partial charge in [-0.3, -0.25) is 4.79 Å². The van der Waals surface area contributed by atoms with E-state index >= 15 is 0 Å². The lowest BCUT2D eigenvalue weighted by Gasteiger charge is -2.05. The standard InChI is InChI=1S/C7H14N2OS/c1-3-5-6(10)9-7(11)8-4-2/h3-5H2,1-2H3,(H2,8,9,10,11). The SMILES string of the molecule is CCCC(=O)NC(=S)NCC. The molecule has 0 heterocycles. The molecule has 3 nitrogen and oxygen atoms in total. The van der Waals surface area contributed by atoms with Gasteiger partial charge < -0.3 is 10.6 Å². The molecule has 2 N–H and O–H groups in total. The molecular weight excluding hydrogens is 160 g/mol. The van der Waals surface area contributed by atoms with Crippen LogP contribution in [-0.4, -0.2) is 17.6 Å². The van der Waals surface area contributed by atoms with E-state index in [1.165, 1.54) is 0 Å². The summed E-state index contributed by atoms with van der Waals surface area (Å²) < 4.78 is 0. The Bertz CT molecular complexity index is 131. The molecule has 0 saturated heterocycles. The molecule has 64 valence electrons. The quantitative estimate of drug-likeness (QED) is 0.622. The molecule has 0 aliphatic rings. The van der Waals surface area contributed by atoms with E-state index in [0.29, 0.717) is 11.5 Å². The summed E-state index contributed by atoms with van der Waals surface area (Å²) >= 11 is 4.80. The Labute approximate surface area is 72.5 Å². The Morgan fingerprint density at radius 2 is 2.09 bits per heavy atom. The van der Waals surface area contributed by atoms with E-state index < -0.39 is 0 Å². The van der Waals surface area contributed by atoms with E-state index in [4.69, 9.17) is 12.2 Å². The molecule has 0 aromatic rings. The van der Waals surface area contributed by atoms with Crippen LogP contribution in [0.2, 0.25) is 0 Å². The van der Waals surface area contributed by atoms with Crippen molar-refractivity contribution in [2.75, 3.05) is 6.54 Å². The van der Waals surface area contributed by atoms with Crippen molar-refractivity contribution < 1.29 is 4.79 Å². The Balaban J connectivity index is 3.49. The van der Waals surface area contributed by atoms with Gasteiger partial charge >= 0.3 is 0 Å². The minimum atomic E-state index is -0.0153. The van der Waals surface area contributed by atoms with Gasteiger partial charge in [0.25, 0.3) is 0 Å². The Morgan fingerprint density at radius 1 is 1.45 bits per heavy atom. The van der Waals surface area contributed by atoms with Gasteiger partial charge in [-0.25, -0.2) is 0 Å². The van der Waals surface area contributed by atoms with Gasteiger partial charge in [0.15, 0.2) is 5.11 Å². The smallest absolute Gasteiger partial charge is 0.226 e. The van der Waals surface area contributed by atoms with Crippen LogP contribution in [0, 0.1) is 0 Å². The molecule has 0 unspecified atom stereocenters. The lowest BCUT2D eigenvalue weighted by Crippen LogP contribution is -2.38. The highest BCUT2D eigenvalue weighted by molar-refractivity contribution is 7.80. The molecule has 0 saturated carbocycles. The largest absolute Gasteiger partial charge is 0.363 e. The minimum Gasteiger partial charge on any atom is -0.363 e. The molecule has 0 atom stereocenters. The number of rotatable bonds is 3. The Morgan fingerprint density at radius 3 is 2.55 bits per heavy atom. The van der Waals surface area contributed by atoms with E-state index in [1.54, 1.807) is 0 Å². The van der Waals surface area contributed by atoms with Gasteiger partial charge in [0, 0.05) is 13.0 Å². The zero-order valence-electron chi connectivity index (χ0n) is 6.94. The average Bonchev–Trinajstić information content (AvgIpc) is 1.87. The number of nitrogens with one attached hydrogen (secondary N) is 2.